The second-order valence-electron chi connectivity index (χ2n) is 8.36. The van der Waals surface area contributed by atoms with E-state index < -0.39 is 48.6 Å². The molecule has 3 aromatic rings. The van der Waals surface area contributed by atoms with Crippen LogP contribution in [-0.2, 0) is 13.2 Å². The number of anilines is 1. The van der Waals surface area contributed by atoms with Crippen molar-refractivity contribution < 1.29 is 26.7 Å². The Morgan fingerprint density at radius 3 is 2.54 bits per heavy atom. The number of hydrogen-bond acceptors (Lipinski definition) is 7. The summed E-state index contributed by atoms with van der Waals surface area (Å²) in [4.78, 5) is 22.8. The fourth-order valence-corrected chi connectivity index (χ4v) is 4.05. The van der Waals surface area contributed by atoms with Gasteiger partial charge < -0.3 is 10.2 Å². The molecule has 2 atom stereocenters. The van der Waals surface area contributed by atoms with Crippen molar-refractivity contribution >= 4 is 11.7 Å². The summed E-state index contributed by atoms with van der Waals surface area (Å²) in [6.07, 6.45) is -0.601. The topological polar surface area (TPSA) is 102 Å². The number of carbonyl (C=O) groups excluding carboxylic acids is 1. The molecule has 1 saturated heterocycles. The van der Waals surface area contributed by atoms with Gasteiger partial charge in [0.15, 0.2) is 17.2 Å². The first-order valence-electron chi connectivity index (χ1n) is 10.6. The summed E-state index contributed by atoms with van der Waals surface area (Å²) in [6.45, 7) is 0.706. The van der Waals surface area contributed by atoms with Crippen LogP contribution in [0.25, 0.3) is 11.4 Å². The molecule has 1 aliphatic heterocycles. The predicted octanol–water partition coefficient (Wildman–Crippen LogP) is 3.28. The smallest absolute Gasteiger partial charge is 0.367 e. The van der Waals surface area contributed by atoms with E-state index in [0.717, 1.165) is 17.0 Å². The third kappa shape index (κ3) is 5.35. The Kier molecular flexibility index (Phi) is 6.38. The normalized spacial score (nSPS) is 20.0. The zero-order valence-electron chi connectivity index (χ0n) is 18.7. The molecule has 186 valence electrons. The van der Waals surface area contributed by atoms with E-state index in [1.807, 2.05) is 0 Å². The van der Waals surface area contributed by atoms with Crippen molar-refractivity contribution in [3.63, 3.8) is 0 Å². The van der Waals surface area contributed by atoms with E-state index in [1.54, 1.807) is 20.0 Å². The molecule has 4 rings (SSSR count). The van der Waals surface area contributed by atoms with Crippen LogP contribution < -0.4 is 5.32 Å². The Hall–Kier alpha value is -3.71. The molecule has 3 aromatic heterocycles. The second kappa shape index (κ2) is 9.15. The Morgan fingerprint density at radius 2 is 1.91 bits per heavy atom. The lowest BCUT2D eigenvalue weighted by Crippen LogP contribution is -2.57. The first-order chi connectivity index (χ1) is 16.4. The highest BCUT2D eigenvalue weighted by Gasteiger charge is 2.47. The van der Waals surface area contributed by atoms with Crippen LogP contribution in [0.4, 0.5) is 27.8 Å². The molecule has 2 unspecified atom stereocenters. The summed E-state index contributed by atoms with van der Waals surface area (Å²) in [5.74, 6) is -4.26. The highest BCUT2D eigenvalue weighted by atomic mass is 19.4. The lowest BCUT2D eigenvalue weighted by molar-refractivity contribution is -0.141. The number of alkyl halides is 5. The van der Waals surface area contributed by atoms with E-state index in [-0.39, 0.29) is 23.9 Å². The highest BCUT2D eigenvalue weighted by Crippen LogP contribution is 2.36. The van der Waals surface area contributed by atoms with Gasteiger partial charge in [0.25, 0.3) is 11.8 Å². The summed E-state index contributed by atoms with van der Waals surface area (Å²) >= 11 is 0. The van der Waals surface area contributed by atoms with Gasteiger partial charge in [0, 0.05) is 38.6 Å². The molecule has 4 heterocycles. The minimum atomic E-state index is -4.64. The van der Waals surface area contributed by atoms with Crippen molar-refractivity contribution in [2.24, 2.45) is 13.0 Å². The maximum Gasteiger partial charge on any atom is 0.435 e. The second-order valence-corrected chi connectivity index (χ2v) is 8.36. The van der Waals surface area contributed by atoms with Crippen molar-refractivity contribution in [2.45, 2.75) is 31.5 Å². The average Bonchev–Trinajstić information content (AvgIpc) is 3.19. The Morgan fingerprint density at radius 1 is 1.20 bits per heavy atom. The number of likely N-dealkylation sites (tertiary alicyclic amines) is 1. The molecule has 1 aliphatic rings. The third-order valence-electron chi connectivity index (χ3n) is 5.63. The van der Waals surface area contributed by atoms with Gasteiger partial charge in [0.05, 0.1) is 18.2 Å². The van der Waals surface area contributed by atoms with E-state index in [9.17, 15) is 26.7 Å². The molecule has 14 heteroatoms. The summed E-state index contributed by atoms with van der Waals surface area (Å²) in [6, 6.07) is 2.72. The van der Waals surface area contributed by atoms with Crippen molar-refractivity contribution in [2.75, 3.05) is 18.4 Å². The van der Waals surface area contributed by atoms with Gasteiger partial charge >= 0.3 is 6.18 Å². The average molecular weight is 496 g/mol. The Bertz CT molecular complexity index is 1180. The Balaban J connectivity index is 1.60. The minimum absolute atomic E-state index is 0.0196. The van der Waals surface area contributed by atoms with Crippen LogP contribution >= 0.6 is 0 Å². The van der Waals surface area contributed by atoms with Crippen molar-refractivity contribution in [1.82, 2.24) is 34.8 Å². The molecule has 0 aromatic carbocycles. The number of aromatic nitrogens is 6. The van der Waals surface area contributed by atoms with Crippen LogP contribution in [0.1, 0.15) is 29.5 Å². The SMILES string of the molecule is CC1CC(F)(F)CN(C(=O)c2nn(C)cc2-c2ncccn2)C1CNc1ccc(C(F)(F)F)nn1. The van der Waals surface area contributed by atoms with Crippen LogP contribution in [0.3, 0.4) is 0 Å². The van der Waals surface area contributed by atoms with Gasteiger partial charge in [-0.3, -0.25) is 9.48 Å². The maximum atomic E-state index is 14.5. The summed E-state index contributed by atoms with van der Waals surface area (Å²) < 4.78 is 68.6. The molecule has 1 fully saturated rings. The summed E-state index contributed by atoms with van der Waals surface area (Å²) in [5.41, 5.74) is -0.945. The number of nitrogens with zero attached hydrogens (tertiary/aromatic N) is 7. The molecule has 0 saturated carbocycles. The minimum Gasteiger partial charge on any atom is -0.367 e. The van der Waals surface area contributed by atoms with E-state index in [2.05, 4.69) is 30.6 Å². The van der Waals surface area contributed by atoms with Crippen LogP contribution in [0.5, 0.6) is 0 Å². The van der Waals surface area contributed by atoms with Crippen molar-refractivity contribution in [3.05, 3.63) is 48.2 Å². The standard InChI is InChI=1S/C21H21F5N8O/c1-12-8-20(22,23)11-34(14(12)9-29-16-5-4-15(30-31-16)21(24,25)26)19(35)17-13(10-33(2)32-17)18-27-6-3-7-28-18/h3-7,10,12,14H,8-9,11H2,1-2H3,(H,29,31). The van der Waals surface area contributed by atoms with Gasteiger partial charge in [-0.15, -0.1) is 10.2 Å². The predicted molar refractivity (Wildman–Crippen MR) is 113 cm³/mol. The fourth-order valence-electron chi connectivity index (χ4n) is 4.05. The van der Waals surface area contributed by atoms with Gasteiger partial charge in [0.1, 0.15) is 5.82 Å². The monoisotopic (exact) mass is 496 g/mol. The zero-order valence-corrected chi connectivity index (χ0v) is 18.7. The Labute approximate surface area is 196 Å². The molecule has 9 nitrogen and oxygen atoms in total. The van der Waals surface area contributed by atoms with Gasteiger partial charge in [-0.1, -0.05) is 6.92 Å². The van der Waals surface area contributed by atoms with Crippen LogP contribution in [0.2, 0.25) is 0 Å². The first kappa shape index (κ1) is 24.4. The van der Waals surface area contributed by atoms with Crippen LogP contribution in [0.15, 0.2) is 36.8 Å². The lowest BCUT2D eigenvalue weighted by Gasteiger charge is -2.43. The number of rotatable bonds is 5. The largest absolute Gasteiger partial charge is 0.435 e. The highest BCUT2D eigenvalue weighted by molar-refractivity contribution is 5.98. The van der Waals surface area contributed by atoms with E-state index >= 15 is 0 Å². The molecule has 0 aliphatic carbocycles. The third-order valence-corrected chi connectivity index (χ3v) is 5.63. The number of aryl methyl sites for hydroxylation is 1. The molecule has 1 N–H and O–H groups in total. The molecule has 0 bridgehead atoms. The zero-order chi connectivity index (χ0) is 25.4. The maximum absolute atomic E-state index is 14.5. The number of amides is 1. The fraction of sp³-hybridized carbons (Fsp3) is 0.429. The molecule has 1 amide bonds. The lowest BCUT2D eigenvalue weighted by atomic mass is 9.88. The molecular weight excluding hydrogens is 475 g/mol. The number of hydrogen-bond donors (Lipinski definition) is 1. The number of piperidine rings is 1. The van der Waals surface area contributed by atoms with E-state index in [0.29, 0.717) is 5.56 Å². The molecular formula is C21H21F5N8O. The van der Waals surface area contributed by atoms with Crippen LogP contribution in [0, 0.1) is 5.92 Å². The molecule has 35 heavy (non-hydrogen) atoms. The number of halogens is 5. The molecule has 0 radical (unpaired) electrons. The van der Waals surface area contributed by atoms with Gasteiger partial charge in [-0.2, -0.15) is 18.3 Å². The van der Waals surface area contributed by atoms with Crippen LogP contribution in [-0.4, -0.2) is 65.8 Å². The van der Waals surface area contributed by atoms with E-state index in [1.165, 1.54) is 23.3 Å². The van der Waals surface area contributed by atoms with E-state index in [4.69, 9.17) is 0 Å². The summed E-state index contributed by atoms with van der Waals surface area (Å²) in [5, 5.41) is 13.6. The van der Waals surface area contributed by atoms with Gasteiger partial charge in [-0.05, 0) is 24.1 Å². The van der Waals surface area contributed by atoms with Crippen molar-refractivity contribution in [3.8, 4) is 11.4 Å². The van der Waals surface area contributed by atoms with Gasteiger partial charge in [0.2, 0.25) is 0 Å². The number of carbonyl (C=O) groups is 1. The van der Waals surface area contributed by atoms with Gasteiger partial charge in [-0.25, -0.2) is 18.7 Å². The quantitative estimate of drug-likeness (QED) is 0.541. The molecule has 0 spiro atoms. The first-order valence-corrected chi connectivity index (χ1v) is 10.6. The number of nitrogens with one attached hydrogen (secondary N) is 1. The summed E-state index contributed by atoms with van der Waals surface area (Å²) in [7, 11) is 1.58. The van der Waals surface area contributed by atoms with Crippen molar-refractivity contribution in [1.29, 1.82) is 0 Å².